The van der Waals surface area contributed by atoms with Crippen LogP contribution in [-0.4, -0.2) is 16.2 Å². The van der Waals surface area contributed by atoms with Gasteiger partial charge in [-0.2, -0.15) is 4.98 Å². The summed E-state index contributed by atoms with van der Waals surface area (Å²) in [5, 5.41) is 5.96. The zero-order valence-corrected chi connectivity index (χ0v) is 11.9. The first-order valence-electron chi connectivity index (χ1n) is 5.51. The van der Waals surface area contributed by atoms with Gasteiger partial charge in [0.15, 0.2) is 0 Å². The number of rotatable bonds is 5. The van der Waals surface area contributed by atoms with E-state index in [1.165, 1.54) is 0 Å². The summed E-state index contributed by atoms with van der Waals surface area (Å²) in [5.74, 6) is 1.25. The summed E-state index contributed by atoms with van der Waals surface area (Å²) in [7, 11) is 0. The molecule has 0 saturated heterocycles. The Labute approximate surface area is 112 Å². The fourth-order valence-electron chi connectivity index (χ4n) is 1.57. The lowest BCUT2D eigenvalue weighted by Gasteiger charge is -2.05. The summed E-state index contributed by atoms with van der Waals surface area (Å²) in [6.45, 7) is 2.11. The molecular weight excluding hydrogens is 302 g/mol. The molecule has 0 aliphatic heterocycles. The highest BCUT2D eigenvalue weighted by Crippen LogP contribution is 2.27. The summed E-state index contributed by atoms with van der Waals surface area (Å²) in [6.07, 6.45) is 2.69. The van der Waals surface area contributed by atoms with Gasteiger partial charge in [-0.25, -0.2) is 0 Å². The summed E-state index contributed by atoms with van der Waals surface area (Å²) >= 11 is 4.98. The number of thiophene rings is 1. The molecule has 1 unspecified atom stereocenters. The molecule has 0 fully saturated rings. The number of halogens is 1. The third-order valence-electron chi connectivity index (χ3n) is 2.35. The average molecular weight is 316 g/mol. The Morgan fingerprint density at radius 1 is 1.59 bits per heavy atom. The van der Waals surface area contributed by atoms with E-state index in [-0.39, 0.29) is 6.04 Å². The molecule has 0 amide bonds. The minimum absolute atomic E-state index is 0.100. The number of nitrogens with zero attached hydrogens (tertiary/aromatic N) is 2. The van der Waals surface area contributed by atoms with Gasteiger partial charge >= 0.3 is 0 Å². The monoisotopic (exact) mass is 315 g/mol. The third-order valence-corrected chi connectivity index (χ3v) is 4.04. The van der Waals surface area contributed by atoms with Gasteiger partial charge in [0.2, 0.25) is 11.7 Å². The maximum atomic E-state index is 5.94. The second-order valence-corrected chi connectivity index (χ2v) is 5.72. The van der Waals surface area contributed by atoms with Crippen molar-refractivity contribution in [1.82, 2.24) is 10.1 Å². The molecule has 0 spiro atoms. The van der Waals surface area contributed by atoms with Gasteiger partial charge in [-0.05, 0) is 28.4 Å². The van der Waals surface area contributed by atoms with Crippen molar-refractivity contribution in [2.24, 2.45) is 5.73 Å². The predicted octanol–water partition coefficient (Wildman–Crippen LogP) is 3.23. The van der Waals surface area contributed by atoms with Gasteiger partial charge in [0.25, 0.3) is 0 Å². The Bertz CT molecular complexity index is 483. The third kappa shape index (κ3) is 3.37. The maximum Gasteiger partial charge on any atom is 0.228 e. The van der Waals surface area contributed by atoms with Crippen LogP contribution in [0.4, 0.5) is 0 Å². The van der Waals surface area contributed by atoms with E-state index in [9.17, 15) is 0 Å². The molecule has 17 heavy (non-hydrogen) atoms. The van der Waals surface area contributed by atoms with Crippen molar-refractivity contribution >= 4 is 27.3 Å². The molecule has 2 aromatic rings. The van der Waals surface area contributed by atoms with Crippen LogP contribution in [0.25, 0.3) is 10.7 Å². The zero-order valence-electron chi connectivity index (χ0n) is 9.52. The summed E-state index contributed by atoms with van der Waals surface area (Å²) in [6, 6.07) is 2.08. The number of aromatic nitrogens is 2. The van der Waals surface area contributed by atoms with Gasteiger partial charge in [0.1, 0.15) is 0 Å². The number of nitrogens with two attached hydrogens (primary N) is 1. The van der Waals surface area contributed by atoms with Crippen LogP contribution in [0, 0.1) is 0 Å². The smallest absolute Gasteiger partial charge is 0.228 e. The van der Waals surface area contributed by atoms with Crippen molar-refractivity contribution in [1.29, 1.82) is 0 Å². The quantitative estimate of drug-likeness (QED) is 0.920. The summed E-state index contributed by atoms with van der Waals surface area (Å²) < 4.78 is 6.23. The van der Waals surface area contributed by atoms with Crippen molar-refractivity contribution < 1.29 is 4.52 Å². The van der Waals surface area contributed by atoms with Crippen LogP contribution in [0.5, 0.6) is 0 Å². The molecular formula is C11H14BrN3OS. The predicted molar refractivity (Wildman–Crippen MR) is 71.9 cm³/mol. The molecule has 1 atom stereocenters. The fourth-order valence-corrected chi connectivity index (χ4v) is 2.92. The Morgan fingerprint density at radius 3 is 3.06 bits per heavy atom. The van der Waals surface area contributed by atoms with Crippen LogP contribution in [0.15, 0.2) is 20.4 Å². The minimum atomic E-state index is 0.100. The van der Waals surface area contributed by atoms with E-state index in [0.717, 1.165) is 22.2 Å². The molecule has 4 nitrogen and oxygen atoms in total. The molecule has 0 aliphatic carbocycles. The Kier molecular flexibility index (Phi) is 4.31. The average Bonchev–Trinajstić information content (AvgIpc) is 2.87. The molecule has 6 heteroatoms. The topological polar surface area (TPSA) is 64.9 Å². The van der Waals surface area contributed by atoms with Gasteiger partial charge in [-0.15, -0.1) is 11.3 Å². The van der Waals surface area contributed by atoms with E-state index in [2.05, 4.69) is 33.0 Å². The van der Waals surface area contributed by atoms with Crippen molar-refractivity contribution in [3.8, 4) is 10.7 Å². The van der Waals surface area contributed by atoms with Gasteiger partial charge in [-0.1, -0.05) is 18.5 Å². The standard InChI is InChI=1S/C11H14BrN3OS/c1-2-3-8(13)5-10-14-11(15-16-10)9-4-7(12)6-17-9/h4,6,8H,2-3,5,13H2,1H3. The number of hydrogen-bond acceptors (Lipinski definition) is 5. The molecule has 0 saturated carbocycles. The Hall–Kier alpha value is -0.720. The zero-order chi connectivity index (χ0) is 12.3. The summed E-state index contributed by atoms with van der Waals surface area (Å²) in [5.41, 5.74) is 5.94. The van der Waals surface area contributed by atoms with Gasteiger partial charge < -0.3 is 10.3 Å². The fraction of sp³-hybridized carbons (Fsp3) is 0.455. The Balaban J connectivity index is 2.05. The summed E-state index contributed by atoms with van der Waals surface area (Å²) in [4.78, 5) is 5.34. The van der Waals surface area contributed by atoms with Crippen molar-refractivity contribution in [3.05, 3.63) is 21.8 Å². The first kappa shape index (κ1) is 12.7. The lowest BCUT2D eigenvalue weighted by molar-refractivity contribution is 0.366. The van der Waals surface area contributed by atoms with Crippen LogP contribution in [-0.2, 0) is 6.42 Å². The molecule has 2 aromatic heterocycles. The molecule has 0 radical (unpaired) electrons. The van der Waals surface area contributed by atoms with Crippen LogP contribution in [0.3, 0.4) is 0 Å². The second kappa shape index (κ2) is 5.75. The molecule has 0 aromatic carbocycles. The first-order chi connectivity index (χ1) is 8.19. The van der Waals surface area contributed by atoms with Gasteiger partial charge in [0, 0.05) is 22.3 Å². The van der Waals surface area contributed by atoms with Gasteiger partial charge in [-0.3, -0.25) is 0 Å². The second-order valence-electron chi connectivity index (χ2n) is 3.89. The van der Waals surface area contributed by atoms with E-state index < -0.39 is 0 Å². The van der Waals surface area contributed by atoms with Crippen LogP contribution in [0.2, 0.25) is 0 Å². The normalized spacial score (nSPS) is 12.9. The van der Waals surface area contributed by atoms with E-state index in [0.29, 0.717) is 18.1 Å². The lowest BCUT2D eigenvalue weighted by Crippen LogP contribution is -2.22. The SMILES string of the molecule is CCCC(N)Cc1nc(-c2cc(Br)cs2)no1. The highest BCUT2D eigenvalue weighted by atomic mass is 79.9. The largest absolute Gasteiger partial charge is 0.339 e. The molecule has 2 N–H and O–H groups in total. The molecule has 0 aliphatic rings. The molecule has 0 bridgehead atoms. The molecule has 92 valence electrons. The van der Waals surface area contributed by atoms with Crippen LogP contribution < -0.4 is 5.73 Å². The highest BCUT2D eigenvalue weighted by molar-refractivity contribution is 9.10. The number of hydrogen-bond donors (Lipinski definition) is 1. The van der Waals surface area contributed by atoms with E-state index in [4.69, 9.17) is 10.3 Å². The van der Waals surface area contributed by atoms with E-state index >= 15 is 0 Å². The molecule has 2 rings (SSSR count). The maximum absolute atomic E-state index is 5.94. The Morgan fingerprint density at radius 2 is 2.41 bits per heavy atom. The van der Waals surface area contributed by atoms with Crippen molar-refractivity contribution in [2.45, 2.75) is 32.2 Å². The lowest BCUT2D eigenvalue weighted by atomic mass is 10.1. The van der Waals surface area contributed by atoms with Crippen molar-refractivity contribution in [2.75, 3.05) is 0 Å². The minimum Gasteiger partial charge on any atom is -0.339 e. The van der Waals surface area contributed by atoms with E-state index in [1.807, 2.05) is 11.4 Å². The van der Waals surface area contributed by atoms with Crippen LogP contribution in [0.1, 0.15) is 25.7 Å². The van der Waals surface area contributed by atoms with Crippen molar-refractivity contribution in [3.63, 3.8) is 0 Å². The highest BCUT2D eigenvalue weighted by Gasteiger charge is 2.13. The van der Waals surface area contributed by atoms with Gasteiger partial charge in [0.05, 0.1) is 4.88 Å². The molecule has 2 heterocycles. The van der Waals surface area contributed by atoms with E-state index in [1.54, 1.807) is 11.3 Å². The van der Waals surface area contributed by atoms with Crippen LogP contribution >= 0.6 is 27.3 Å². The first-order valence-corrected chi connectivity index (χ1v) is 7.19.